The Balaban J connectivity index is 1.13. The fraction of sp³-hybridized carbons (Fsp3) is 0.529. The van der Waals surface area contributed by atoms with Crippen LogP contribution >= 0.6 is 0 Å². The first-order valence-electron chi connectivity index (χ1n) is 16.7. The van der Waals surface area contributed by atoms with Gasteiger partial charge in [-0.3, -0.25) is 9.58 Å². The maximum absolute atomic E-state index is 9.67. The van der Waals surface area contributed by atoms with Crippen LogP contribution in [0.4, 0.5) is 11.6 Å². The van der Waals surface area contributed by atoms with Crippen LogP contribution in [-0.2, 0) is 16.0 Å². The molecule has 1 aliphatic heterocycles. The molecule has 0 amide bonds. The summed E-state index contributed by atoms with van der Waals surface area (Å²) in [6.07, 6.45) is 12.9. The van der Waals surface area contributed by atoms with Crippen molar-refractivity contribution in [3.05, 3.63) is 55.0 Å². The number of nitrogens with one attached hydrogen (secondary N) is 1. The van der Waals surface area contributed by atoms with Crippen molar-refractivity contribution in [1.29, 1.82) is 5.26 Å². The van der Waals surface area contributed by atoms with Gasteiger partial charge >= 0.3 is 0 Å². The molecule has 2 aliphatic rings. The van der Waals surface area contributed by atoms with Crippen LogP contribution in [0.15, 0.2) is 49.4 Å². The van der Waals surface area contributed by atoms with Crippen LogP contribution in [0, 0.1) is 11.3 Å². The van der Waals surface area contributed by atoms with Gasteiger partial charge in [0.25, 0.3) is 5.88 Å². The highest BCUT2D eigenvalue weighted by molar-refractivity contribution is 5.67. The summed E-state index contributed by atoms with van der Waals surface area (Å²) in [4.78, 5) is 15.7. The highest BCUT2D eigenvalue weighted by atomic mass is 16.5. The van der Waals surface area contributed by atoms with Gasteiger partial charge in [0.1, 0.15) is 42.9 Å². The van der Waals surface area contributed by atoms with Crippen molar-refractivity contribution in [2.45, 2.75) is 77.3 Å². The number of ether oxygens (including phenoxy) is 4. The Kier molecular flexibility index (Phi) is 11.1. The summed E-state index contributed by atoms with van der Waals surface area (Å²) >= 11 is 0. The molecule has 2 fully saturated rings. The highest BCUT2D eigenvalue weighted by Gasteiger charge is 2.29. The largest absolute Gasteiger partial charge is 0.487 e. The van der Waals surface area contributed by atoms with E-state index in [0.29, 0.717) is 60.7 Å². The summed E-state index contributed by atoms with van der Waals surface area (Å²) in [7, 11) is 0. The van der Waals surface area contributed by atoms with Gasteiger partial charge in [-0.05, 0) is 64.2 Å². The first-order valence-corrected chi connectivity index (χ1v) is 16.7. The van der Waals surface area contributed by atoms with Gasteiger partial charge in [0, 0.05) is 37.1 Å². The molecular weight excluding hydrogens is 612 g/mol. The summed E-state index contributed by atoms with van der Waals surface area (Å²) in [6.45, 7) is 11.0. The van der Waals surface area contributed by atoms with Gasteiger partial charge in [-0.25, -0.2) is 19.6 Å². The van der Waals surface area contributed by atoms with Crippen LogP contribution in [0.1, 0.15) is 58.1 Å². The van der Waals surface area contributed by atoms with E-state index in [2.05, 4.69) is 36.3 Å². The summed E-state index contributed by atoms with van der Waals surface area (Å²) in [5.74, 6) is 1.41. The van der Waals surface area contributed by atoms with Crippen LogP contribution in [0.5, 0.6) is 11.6 Å². The average molecular weight is 657 g/mol. The van der Waals surface area contributed by atoms with Gasteiger partial charge in [0.2, 0.25) is 5.95 Å². The van der Waals surface area contributed by atoms with Crippen LogP contribution in [0.25, 0.3) is 11.1 Å². The molecule has 0 spiro atoms. The van der Waals surface area contributed by atoms with Crippen molar-refractivity contribution in [2.24, 2.45) is 0 Å². The lowest BCUT2D eigenvalue weighted by Gasteiger charge is -2.38. The Morgan fingerprint density at radius 3 is 2.50 bits per heavy atom. The number of aromatic nitrogens is 7. The molecular formula is C34H44N10O4. The Bertz CT molecular complexity index is 1620. The lowest BCUT2D eigenvalue weighted by Crippen LogP contribution is -2.45. The fourth-order valence-corrected chi connectivity index (χ4v) is 6.21. The topological polar surface area (TPSA) is 150 Å². The zero-order valence-electron chi connectivity index (χ0n) is 27.9. The number of nitriles is 1. The van der Waals surface area contributed by atoms with Gasteiger partial charge in [0.05, 0.1) is 50.3 Å². The Labute approximate surface area is 281 Å². The summed E-state index contributed by atoms with van der Waals surface area (Å²) in [6, 6.07) is 8.56. The van der Waals surface area contributed by atoms with E-state index < -0.39 is 0 Å². The number of rotatable bonds is 14. The van der Waals surface area contributed by atoms with E-state index in [1.807, 2.05) is 43.8 Å². The highest BCUT2D eigenvalue weighted by Crippen LogP contribution is 2.35. The summed E-state index contributed by atoms with van der Waals surface area (Å²) in [5.41, 5.74) is 2.77. The van der Waals surface area contributed by atoms with Crippen molar-refractivity contribution < 1.29 is 18.9 Å². The number of nitrogens with zero attached hydrogens (tertiary/aromatic N) is 9. The van der Waals surface area contributed by atoms with Crippen molar-refractivity contribution in [3.8, 4) is 28.8 Å². The zero-order valence-corrected chi connectivity index (χ0v) is 27.9. The molecule has 1 saturated heterocycles. The van der Waals surface area contributed by atoms with Crippen molar-refractivity contribution in [3.63, 3.8) is 0 Å². The second kappa shape index (κ2) is 16.0. The summed E-state index contributed by atoms with van der Waals surface area (Å²) < 4.78 is 27.2. The Morgan fingerprint density at radius 1 is 1.02 bits per heavy atom. The molecule has 1 N–H and O–H groups in total. The smallest absolute Gasteiger partial charge is 0.257 e. The van der Waals surface area contributed by atoms with Gasteiger partial charge in [0.15, 0.2) is 0 Å². The fourth-order valence-electron chi connectivity index (χ4n) is 6.21. The van der Waals surface area contributed by atoms with Crippen LogP contribution < -0.4 is 14.8 Å². The van der Waals surface area contributed by atoms with Gasteiger partial charge < -0.3 is 24.3 Å². The van der Waals surface area contributed by atoms with E-state index in [1.54, 1.807) is 29.5 Å². The van der Waals surface area contributed by atoms with Gasteiger partial charge in [-0.1, -0.05) is 6.07 Å². The third-order valence-electron chi connectivity index (χ3n) is 8.65. The van der Waals surface area contributed by atoms with E-state index in [1.165, 1.54) is 6.33 Å². The normalized spacial score (nSPS) is 19.1. The standard InChI is InChI=1S/C34H44N10O4/c1-24(2)46-14-15-47-33-31(21-44(41-33)30-8-6-29(7-9-30)42-10-12-45-13-11-42)40-34-37-18-28(19-38-34)26-4-5-27(17-35)32(16-26)48-25(3)20-43-23-36-22-39-43/h4-5,16,18-19,21-25,29-30H,6-15,20H2,1-3H3,(H,37,38,40)/t25-,29-,30-/m0/s1. The van der Waals surface area contributed by atoms with E-state index >= 15 is 0 Å². The minimum atomic E-state index is -0.231. The Morgan fingerprint density at radius 2 is 1.79 bits per heavy atom. The molecule has 6 rings (SSSR count). The number of benzene rings is 1. The second-order valence-electron chi connectivity index (χ2n) is 12.5. The lowest BCUT2D eigenvalue weighted by atomic mass is 9.90. The maximum atomic E-state index is 9.67. The summed E-state index contributed by atoms with van der Waals surface area (Å²) in [5, 5.41) is 22.0. The van der Waals surface area contributed by atoms with Gasteiger partial charge in [-0.2, -0.15) is 10.4 Å². The number of hydrogen-bond donors (Lipinski definition) is 1. The minimum Gasteiger partial charge on any atom is -0.487 e. The number of hydrogen-bond acceptors (Lipinski definition) is 12. The van der Waals surface area contributed by atoms with E-state index in [9.17, 15) is 5.26 Å². The van der Waals surface area contributed by atoms with Crippen LogP contribution in [0.3, 0.4) is 0 Å². The van der Waals surface area contributed by atoms with E-state index in [-0.39, 0.29) is 12.2 Å². The quantitative estimate of drug-likeness (QED) is 0.189. The molecule has 1 saturated carbocycles. The lowest BCUT2D eigenvalue weighted by molar-refractivity contribution is 0.00501. The second-order valence-corrected chi connectivity index (χ2v) is 12.5. The molecule has 4 heterocycles. The van der Waals surface area contributed by atoms with Gasteiger partial charge in [-0.15, -0.1) is 5.10 Å². The average Bonchev–Trinajstić information content (AvgIpc) is 3.77. The molecule has 3 aromatic heterocycles. The molecule has 4 aromatic rings. The van der Waals surface area contributed by atoms with E-state index in [0.717, 1.165) is 63.1 Å². The van der Waals surface area contributed by atoms with Crippen LogP contribution in [0.2, 0.25) is 0 Å². The van der Waals surface area contributed by atoms with E-state index in [4.69, 9.17) is 24.0 Å². The maximum Gasteiger partial charge on any atom is 0.257 e. The first-order chi connectivity index (χ1) is 23.4. The molecule has 0 bridgehead atoms. The molecule has 1 aromatic carbocycles. The third-order valence-corrected chi connectivity index (χ3v) is 8.65. The predicted molar refractivity (Wildman–Crippen MR) is 178 cm³/mol. The Hall–Kier alpha value is -4.58. The molecule has 0 radical (unpaired) electrons. The molecule has 0 unspecified atom stereocenters. The number of morpholine rings is 1. The molecule has 1 aliphatic carbocycles. The minimum absolute atomic E-state index is 0.124. The van der Waals surface area contributed by atoms with Crippen LogP contribution in [-0.4, -0.2) is 97.2 Å². The third kappa shape index (κ3) is 8.66. The molecule has 254 valence electrons. The molecule has 1 atom stereocenters. The first kappa shape index (κ1) is 33.3. The predicted octanol–water partition coefficient (Wildman–Crippen LogP) is 4.63. The van der Waals surface area contributed by atoms with Crippen molar-refractivity contribution in [1.82, 2.24) is 39.4 Å². The zero-order chi connectivity index (χ0) is 33.3. The molecule has 14 nitrogen and oxygen atoms in total. The van der Waals surface area contributed by atoms with Crippen molar-refractivity contribution >= 4 is 11.6 Å². The molecule has 14 heteroatoms. The monoisotopic (exact) mass is 656 g/mol. The number of anilines is 2. The SMILES string of the molecule is CC(C)OCCOc1nn([C@H]2CC[C@H](N3CCOCC3)CC2)cc1Nc1ncc(-c2ccc(C#N)c(O[C@@H](C)Cn3cncn3)c2)cn1. The van der Waals surface area contributed by atoms with Crippen molar-refractivity contribution in [2.75, 3.05) is 44.8 Å². The molecule has 48 heavy (non-hydrogen) atoms.